The Morgan fingerprint density at radius 2 is 2.09 bits per heavy atom. The molecule has 0 fully saturated rings. The summed E-state index contributed by atoms with van der Waals surface area (Å²) in [6.07, 6.45) is 2.07. The lowest BCUT2D eigenvalue weighted by molar-refractivity contribution is -0.132. The monoisotopic (exact) mass is 479 g/mol. The maximum atomic E-state index is 12.6. The number of anilines is 1. The first-order valence-electron chi connectivity index (χ1n) is 11.8. The second-order valence-corrected chi connectivity index (χ2v) is 9.04. The zero-order valence-corrected chi connectivity index (χ0v) is 20.8. The highest BCUT2D eigenvalue weighted by Crippen LogP contribution is 2.31. The lowest BCUT2D eigenvalue weighted by Gasteiger charge is -2.22. The molecule has 35 heavy (non-hydrogen) atoms. The maximum Gasteiger partial charge on any atom is 0.249 e. The number of aliphatic hydroxyl groups excluding tert-OH is 1. The second kappa shape index (κ2) is 10.4. The van der Waals surface area contributed by atoms with Crippen molar-refractivity contribution in [3.8, 4) is 11.4 Å². The number of nitrogens with zero attached hydrogens (tertiary/aromatic N) is 4. The largest absolute Gasteiger partial charge is 0.385 e. The summed E-state index contributed by atoms with van der Waals surface area (Å²) in [6, 6.07) is 7.41. The van der Waals surface area contributed by atoms with Crippen LogP contribution in [0.1, 0.15) is 38.4 Å². The van der Waals surface area contributed by atoms with Crippen molar-refractivity contribution in [3.05, 3.63) is 36.3 Å². The van der Waals surface area contributed by atoms with Gasteiger partial charge in [-0.1, -0.05) is 19.9 Å². The Kier molecular flexibility index (Phi) is 7.32. The summed E-state index contributed by atoms with van der Waals surface area (Å²) in [6.45, 7) is 4.19. The zero-order valence-electron chi connectivity index (χ0n) is 20.8. The number of rotatable bonds is 10. The van der Waals surface area contributed by atoms with Crippen LogP contribution in [0.4, 0.5) is 5.82 Å². The minimum atomic E-state index is -1.08. The zero-order chi connectivity index (χ0) is 25.1. The summed E-state index contributed by atoms with van der Waals surface area (Å²) in [7, 11) is 5.43. The van der Waals surface area contributed by atoms with Crippen LogP contribution in [0.2, 0.25) is 0 Å². The van der Waals surface area contributed by atoms with Crippen LogP contribution in [-0.2, 0) is 16.6 Å². The van der Waals surface area contributed by atoms with E-state index in [0.717, 1.165) is 45.6 Å². The molecular formula is C25H33N7O3. The number of imidazole rings is 1. The van der Waals surface area contributed by atoms with Crippen LogP contribution in [0.25, 0.3) is 33.5 Å². The van der Waals surface area contributed by atoms with Crippen molar-refractivity contribution in [2.24, 2.45) is 13.0 Å². The number of hydrogen-bond acceptors (Lipinski definition) is 7. The number of ether oxygens (including phenoxy) is 1. The first kappa shape index (κ1) is 24.6. The third kappa shape index (κ3) is 4.98. The number of fused-ring (bicyclic) bond motifs is 3. The van der Waals surface area contributed by atoms with Crippen LogP contribution >= 0.6 is 0 Å². The predicted octanol–water partition coefficient (Wildman–Crippen LogP) is 3.15. The normalized spacial score (nSPS) is 13.5. The molecule has 0 saturated carbocycles. The fourth-order valence-corrected chi connectivity index (χ4v) is 4.19. The van der Waals surface area contributed by atoms with Gasteiger partial charge in [0, 0.05) is 33.2 Å². The van der Waals surface area contributed by atoms with Gasteiger partial charge in [-0.25, -0.2) is 15.0 Å². The number of H-pyrrole nitrogens is 1. The first-order valence-corrected chi connectivity index (χ1v) is 11.8. The van der Waals surface area contributed by atoms with Crippen molar-refractivity contribution in [1.82, 2.24) is 29.8 Å². The minimum Gasteiger partial charge on any atom is -0.385 e. The molecule has 0 aromatic carbocycles. The fraction of sp³-hybridized carbons (Fsp3) is 0.440. The Labute approximate surface area is 204 Å². The van der Waals surface area contributed by atoms with Crippen molar-refractivity contribution < 1.29 is 14.6 Å². The first-order chi connectivity index (χ1) is 16.8. The predicted molar refractivity (Wildman–Crippen MR) is 136 cm³/mol. The van der Waals surface area contributed by atoms with Crippen LogP contribution < -0.4 is 10.6 Å². The molecule has 0 aliphatic heterocycles. The van der Waals surface area contributed by atoms with E-state index < -0.39 is 12.0 Å². The Balaban J connectivity index is 1.71. The summed E-state index contributed by atoms with van der Waals surface area (Å²) in [5.41, 5.74) is 4.78. The van der Waals surface area contributed by atoms with Crippen molar-refractivity contribution in [2.75, 3.05) is 26.1 Å². The van der Waals surface area contributed by atoms with Crippen LogP contribution in [0.15, 0.2) is 30.6 Å². The summed E-state index contributed by atoms with van der Waals surface area (Å²) in [4.78, 5) is 30.1. The van der Waals surface area contributed by atoms with Crippen LogP contribution in [0, 0.1) is 5.92 Å². The molecule has 0 aliphatic carbocycles. The number of aromatic amines is 1. The summed E-state index contributed by atoms with van der Waals surface area (Å²) in [5.74, 6) is 0.120. The average molecular weight is 480 g/mol. The molecule has 0 bridgehead atoms. The highest BCUT2D eigenvalue weighted by Gasteiger charge is 2.24. The van der Waals surface area contributed by atoms with Gasteiger partial charge >= 0.3 is 0 Å². The maximum absolute atomic E-state index is 12.6. The third-order valence-corrected chi connectivity index (χ3v) is 6.14. The van der Waals surface area contributed by atoms with E-state index in [0.29, 0.717) is 18.8 Å². The number of aromatic nitrogens is 5. The lowest BCUT2D eigenvalue weighted by Crippen LogP contribution is -2.40. The van der Waals surface area contributed by atoms with Crippen molar-refractivity contribution in [2.45, 2.75) is 38.8 Å². The molecule has 2 atom stereocenters. The highest BCUT2D eigenvalue weighted by atomic mass is 16.5. The number of carbonyl (C=O) groups is 1. The second-order valence-electron chi connectivity index (χ2n) is 9.04. The van der Waals surface area contributed by atoms with Gasteiger partial charge in [0.1, 0.15) is 17.3 Å². The molecule has 1 amide bonds. The number of aryl methyl sites for hydroxylation is 1. The van der Waals surface area contributed by atoms with Gasteiger partial charge in [0.15, 0.2) is 5.82 Å². The third-order valence-electron chi connectivity index (χ3n) is 6.14. The Bertz CT molecular complexity index is 1330. The van der Waals surface area contributed by atoms with Crippen molar-refractivity contribution in [3.63, 3.8) is 0 Å². The summed E-state index contributed by atoms with van der Waals surface area (Å²) >= 11 is 0. The van der Waals surface area contributed by atoms with E-state index >= 15 is 0 Å². The number of carbonyl (C=O) groups excluding carboxylic acids is 1. The van der Waals surface area contributed by atoms with E-state index in [1.54, 1.807) is 13.4 Å². The van der Waals surface area contributed by atoms with Crippen LogP contribution in [0.3, 0.4) is 0 Å². The SMILES string of the molecule is CNc1nc2[nH]c(-c3cccc([C@H](CCCOC)NC(=O)[C@@H](O)C(C)C)n3)cc2c2c1ncn2C. The average Bonchev–Trinajstić information content (AvgIpc) is 3.46. The van der Waals surface area contributed by atoms with E-state index in [-0.39, 0.29) is 12.0 Å². The van der Waals surface area contributed by atoms with E-state index in [4.69, 9.17) is 14.7 Å². The molecule has 4 rings (SSSR count). The molecule has 0 saturated heterocycles. The number of aliphatic hydroxyl groups is 1. The van der Waals surface area contributed by atoms with Crippen LogP contribution in [-0.4, -0.2) is 62.4 Å². The van der Waals surface area contributed by atoms with Gasteiger partial charge in [0.05, 0.1) is 35.0 Å². The Hall–Kier alpha value is -3.50. The molecule has 4 N–H and O–H groups in total. The quantitative estimate of drug-likeness (QED) is 0.257. The number of amides is 1. The van der Waals surface area contributed by atoms with Gasteiger partial charge in [-0.3, -0.25) is 4.79 Å². The number of pyridine rings is 2. The summed E-state index contributed by atoms with van der Waals surface area (Å²) < 4.78 is 7.17. The smallest absolute Gasteiger partial charge is 0.249 e. The van der Waals surface area contributed by atoms with Gasteiger partial charge in [-0.2, -0.15) is 0 Å². The molecule has 0 unspecified atom stereocenters. The van der Waals surface area contributed by atoms with Gasteiger partial charge in [0.25, 0.3) is 0 Å². The number of methoxy groups -OCH3 is 1. The van der Waals surface area contributed by atoms with Gasteiger partial charge < -0.3 is 30.0 Å². The van der Waals surface area contributed by atoms with Gasteiger partial charge in [-0.15, -0.1) is 0 Å². The molecule has 186 valence electrons. The molecule has 0 spiro atoms. The number of nitrogens with one attached hydrogen (secondary N) is 3. The number of hydrogen-bond donors (Lipinski definition) is 4. The molecule has 0 radical (unpaired) electrons. The topological polar surface area (TPSA) is 130 Å². The van der Waals surface area contributed by atoms with Crippen molar-refractivity contribution >= 4 is 33.8 Å². The molecule has 10 heteroatoms. The standard InChI is InChI=1S/C25H33N7O3/c1-14(2)22(33)25(34)30-17(10-7-11-35-5)16-8-6-9-18(28-16)19-12-15-21-20(27-13-32(21)4)24(26-3)31-23(15)29-19/h6,8-9,12-14,17,22,33H,7,10-11H2,1-5H3,(H,30,34)(H2,26,29,31)/t17-,22-/m0/s1. The molecule has 4 aromatic heterocycles. The Morgan fingerprint density at radius 1 is 1.29 bits per heavy atom. The fourth-order valence-electron chi connectivity index (χ4n) is 4.19. The van der Waals surface area contributed by atoms with E-state index in [9.17, 15) is 9.90 Å². The molecule has 10 nitrogen and oxygen atoms in total. The molecule has 0 aliphatic rings. The molecule has 4 aromatic rings. The summed E-state index contributed by atoms with van der Waals surface area (Å²) in [5, 5.41) is 17.3. The highest BCUT2D eigenvalue weighted by molar-refractivity contribution is 6.07. The minimum absolute atomic E-state index is 0.181. The van der Waals surface area contributed by atoms with Gasteiger partial charge in [0.2, 0.25) is 5.91 Å². The van der Waals surface area contributed by atoms with E-state index in [2.05, 4.69) is 20.6 Å². The van der Waals surface area contributed by atoms with Crippen LogP contribution in [0.5, 0.6) is 0 Å². The van der Waals surface area contributed by atoms with E-state index in [1.807, 2.05) is 56.8 Å². The molecule has 4 heterocycles. The lowest BCUT2D eigenvalue weighted by atomic mass is 10.0. The Morgan fingerprint density at radius 3 is 2.80 bits per heavy atom. The van der Waals surface area contributed by atoms with Gasteiger partial charge in [-0.05, 0) is 37.0 Å². The van der Waals surface area contributed by atoms with Crippen molar-refractivity contribution in [1.29, 1.82) is 0 Å². The van der Waals surface area contributed by atoms with E-state index in [1.165, 1.54) is 0 Å². The molecular weight excluding hydrogens is 446 g/mol.